The summed E-state index contributed by atoms with van der Waals surface area (Å²) in [5.41, 5.74) is 0. The van der Waals surface area contributed by atoms with Crippen LogP contribution in [0, 0.1) is 0 Å². The molecule has 5 heteroatoms. The fourth-order valence-corrected chi connectivity index (χ4v) is 2.81. The molecule has 2 N–H and O–H groups in total. The van der Waals surface area contributed by atoms with Crippen molar-refractivity contribution >= 4 is 17.7 Å². The minimum atomic E-state index is -0.345. The largest absolute Gasteiger partial charge is 0.366 e. The first-order valence-electron chi connectivity index (χ1n) is 6.57. The van der Waals surface area contributed by atoms with Crippen LogP contribution in [-0.4, -0.2) is 43.5 Å². The minimum absolute atomic E-state index is 0.0206. The van der Waals surface area contributed by atoms with Crippen molar-refractivity contribution in [3.63, 3.8) is 0 Å². The predicted octanol–water partition coefficient (Wildman–Crippen LogP) is 1.27. The van der Waals surface area contributed by atoms with Crippen LogP contribution in [0.3, 0.4) is 0 Å². The van der Waals surface area contributed by atoms with Gasteiger partial charge in [-0.05, 0) is 12.1 Å². The van der Waals surface area contributed by atoms with Crippen molar-refractivity contribution in [3.05, 3.63) is 30.3 Å². The maximum absolute atomic E-state index is 11.9. The molecule has 1 heterocycles. The number of morpholine rings is 1. The molecule has 2 rings (SSSR count). The SMILES string of the molecule is CC(CNC(=O)C1CNCCO1)Sc1ccccc1. The molecule has 4 nitrogen and oxygen atoms in total. The van der Waals surface area contributed by atoms with Gasteiger partial charge in [0.2, 0.25) is 0 Å². The first kappa shape index (κ1) is 14.4. The highest BCUT2D eigenvalue weighted by Gasteiger charge is 2.21. The van der Waals surface area contributed by atoms with Gasteiger partial charge >= 0.3 is 0 Å². The number of nitrogens with one attached hydrogen (secondary N) is 2. The van der Waals surface area contributed by atoms with Gasteiger partial charge in [-0.15, -0.1) is 11.8 Å². The summed E-state index contributed by atoms with van der Waals surface area (Å²) in [6.07, 6.45) is -0.345. The lowest BCUT2D eigenvalue weighted by atomic mass is 10.3. The van der Waals surface area contributed by atoms with Crippen LogP contribution in [0.4, 0.5) is 0 Å². The number of carbonyl (C=O) groups excluding carboxylic acids is 1. The molecule has 1 aliphatic heterocycles. The summed E-state index contributed by atoms with van der Waals surface area (Å²) in [5.74, 6) is -0.0206. The summed E-state index contributed by atoms with van der Waals surface area (Å²) in [5, 5.41) is 6.44. The zero-order valence-corrected chi connectivity index (χ0v) is 11.9. The molecular weight excluding hydrogens is 260 g/mol. The highest BCUT2D eigenvalue weighted by Crippen LogP contribution is 2.21. The second kappa shape index (κ2) is 7.53. The van der Waals surface area contributed by atoms with Crippen molar-refractivity contribution in [3.8, 4) is 0 Å². The average molecular weight is 280 g/mol. The Morgan fingerprint density at radius 2 is 2.32 bits per heavy atom. The minimum Gasteiger partial charge on any atom is -0.366 e. The number of amides is 1. The molecule has 0 spiro atoms. The van der Waals surface area contributed by atoms with Gasteiger partial charge in [0.1, 0.15) is 6.10 Å². The van der Waals surface area contributed by atoms with E-state index >= 15 is 0 Å². The number of rotatable bonds is 5. The maximum atomic E-state index is 11.9. The Labute approximate surface area is 118 Å². The van der Waals surface area contributed by atoms with E-state index in [9.17, 15) is 4.79 Å². The van der Waals surface area contributed by atoms with Crippen molar-refractivity contribution in [2.24, 2.45) is 0 Å². The lowest BCUT2D eigenvalue weighted by molar-refractivity contribution is -0.134. The molecule has 1 fully saturated rings. The van der Waals surface area contributed by atoms with E-state index in [0.717, 1.165) is 6.54 Å². The fourth-order valence-electron chi connectivity index (χ4n) is 1.87. The Morgan fingerprint density at radius 1 is 1.53 bits per heavy atom. The van der Waals surface area contributed by atoms with Gasteiger partial charge < -0.3 is 15.4 Å². The van der Waals surface area contributed by atoms with Gasteiger partial charge in [0.25, 0.3) is 5.91 Å². The van der Waals surface area contributed by atoms with Gasteiger partial charge in [0.15, 0.2) is 0 Å². The Hall–Kier alpha value is -1.04. The van der Waals surface area contributed by atoms with Crippen LogP contribution in [0.2, 0.25) is 0 Å². The predicted molar refractivity (Wildman–Crippen MR) is 77.4 cm³/mol. The first-order valence-corrected chi connectivity index (χ1v) is 7.45. The molecule has 19 heavy (non-hydrogen) atoms. The monoisotopic (exact) mass is 280 g/mol. The van der Waals surface area contributed by atoms with Gasteiger partial charge in [-0.2, -0.15) is 0 Å². The summed E-state index contributed by atoms with van der Waals surface area (Å²) in [6, 6.07) is 10.2. The molecule has 1 aliphatic rings. The molecule has 0 bridgehead atoms. The summed E-state index contributed by atoms with van der Waals surface area (Å²) in [6.45, 7) is 4.79. The van der Waals surface area contributed by atoms with E-state index in [1.165, 1.54) is 4.90 Å². The van der Waals surface area contributed by atoms with Gasteiger partial charge in [-0.25, -0.2) is 0 Å². The Bertz CT molecular complexity index is 394. The molecule has 1 amide bonds. The fraction of sp³-hybridized carbons (Fsp3) is 0.500. The molecule has 1 aromatic carbocycles. The summed E-state index contributed by atoms with van der Waals surface area (Å²) >= 11 is 1.76. The number of hydrogen-bond acceptors (Lipinski definition) is 4. The second-order valence-corrected chi connectivity index (χ2v) is 6.06. The quantitative estimate of drug-likeness (QED) is 0.798. The zero-order valence-electron chi connectivity index (χ0n) is 11.1. The van der Waals surface area contributed by atoms with E-state index in [-0.39, 0.29) is 12.0 Å². The van der Waals surface area contributed by atoms with Gasteiger partial charge in [0, 0.05) is 29.8 Å². The van der Waals surface area contributed by atoms with E-state index in [1.54, 1.807) is 11.8 Å². The van der Waals surface area contributed by atoms with Crippen molar-refractivity contribution in [2.45, 2.75) is 23.2 Å². The van der Waals surface area contributed by atoms with Crippen molar-refractivity contribution in [1.29, 1.82) is 0 Å². The molecule has 2 atom stereocenters. The number of carbonyl (C=O) groups is 1. The molecule has 1 saturated heterocycles. The summed E-state index contributed by atoms with van der Waals surface area (Å²) < 4.78 is 5.41. The van der Waals surface area contributed by atoms with Crippen molar-refractivity contribution in [2.75, 3.05) is 26.2 Å². The lowest BCUT2D eigenvalue weighted by Gasteiger charge is -2.23. The topological polar surface area (TPSA) is 50.4 Å². The van der Waals surface area contributed by atoms with Gasteiger partial charge in [0.05, 0.1) is 6.61 Å². The van der Waals surface area contributed by atoms with Crippen LogP contribution in [0.5, 0.6) is 0 Å². The molecule has 2 unspecified atom stereocenters. The molecule has 104 valence electrons. The van der Waals surface area contributed by atoms with Crippen LogP contribution in [0.15, 0.2) is 35.2 Å². The van der Waals surface area contributed by atoms with Crippen LogP contribution in [0.1, 0.15) is 6.92 Å². The number of hydrogen-bond donors (Lipinski definition) is 2. The lowest BCUT2D eigenvalue weighted by Crippen LogP contribution is -2.48. The summed E-state index contributed by atoms with van der Waals surface area (Å²) in [4.78, 5) is 13.1. The Balaban J connectivity index is 1.71. The summed E-state index contributed by atoms with van der Waals surface area (Å²) in [7, 11) is 0. The number of ether oxygens (including phenoxy) is 1. The van der Waals surface area contributed by atoms with E-state index in [1.807, 2.05) is 18.2 Å². The highest BCUT2D eigenvalue weighted by molar-refractivity contribution is 8.00. The Morgan fingerprint density at radius 3 is 3.00 bits per heavy atom. The third-order valence-corrected chi connectivity index (χ3v) is 3.98. The van der Waals surface area contributed by atoms with E-state index in [0.29, 0.717) is 24.9 Å². The zero-order chi connectivity index (χ0) is 13.5. The van der Waals surface area contributed by atoms with Crippen LogP contribution < -0.4 is 10.6 Å². The van der Waals surface area contributed by atoms with Crippen LogP contribution >= 0.6 is 11.8 Å². The average Bonchev–Trinajstić information content (AvgIpc) is 2.47. The van der Waals surface area contributed by atoms with Gasteiger partial charge in [-0.3, -0.25) is 4.79 Å². The van der Waals surface area contributed by atoms with Crippen molar-refractivity contribution < 1.29 is 9.53 Å². The number of thioether (sulfide) groups is 1. The smallest absolute Gasteiger partial charge is 0.250 e. The molecule has 0 aromatic heterocycles. The first-order chi connectivity index (χ1) is 9.25. The second-order valence-electron chi connectivity index (χ2n) is 4.55. The third kappa shape index (κ3) is 4.86. The molecule has 0 radical (unpaired) electrons. The highest BCUT2D eigenvalue weighted by atomic mass is 32.2. The van der Waals surface area contributed by atoms with E-state index in [4.69, 9.17) is 4.74 Å². The molecule has 0 aliphatic carbocycles. The standard InChI is InChI=1S/C14H20N2O2S/c1-11(19-12-5-3-2-4-6-12)9-16-14(17)13-10-15-7-8-18-13/h2-6,11,13,15H,7-10H2,1H3,(H,16,17). The van der Waals surface area contributed by atoms with Crippen LogP contribution in [-0.2, 0) is 9.53 Å². The number of benzene rings is 1. The normalized spacial score (nSPS) is 20.8. The molecule has 1 aromatic rings. The molecular formula is C14H20N2O2S. The molecule has 0 saturated carbocycles. The maximum Gasteiger partial charge on any atom is 0.250 e. The van der Waals surface area contributed by atoms with E-state index in [2.05, 4.69) is 29.7 Å². The Kier molecular flexibility index (Phi) is 5.69. The van der Waals surface area contributed by atoms with Crippen LogP contribution in [0.25, 0.3) is 0 Å². The third-order valence-electron chi connectivity index (χ3n) is 2.86. The van der Waals surface area contributed by atoms with Crippen molar-refractivity contribution in [1.82, 2.24) is 10.6 Å². The van der Waals surface area contributed by atoms with E-state index < -0.39 is 0 Å². The van der Waals surface area contributed by atoms with Gasteiger partial charge in [-0.1, -0.05) is 25.1 Å².